The number of ketones is 1. The van der Waals surface area contributed by atoms with Crippen LogP contribution in [0.5, 0.6) is 0 Å². The fourth-order valence-electron chi connectivity index (χ4n) is 1.69. The van der Waals surface area contributed by atoms with Crippen LogP contribution in [0.2, 0.25) is 0 Å². The Labute approximate surface area is 99.1 Å². The molecule has 0 unspecified atom stereocenters. The van der Waals surface area contributed by atoms with Gasteiger partial charge in [0.15, 0.2) is 17.8 Å². The molecule has 0 radical (unpaired) electrons. The Kier molecular flexibility index (Phi) is 3.19. The third-order valence-electron chi connectivity index (χ3n) is 2.56. The molecule has 1 aromatic heterocycles. The summed E-state index contributed by atoms with van der Waals surface area (Å²) in [5, 5.41) is 0. The zero-order valence-corrected chi connectivity index (χ0v) is 9.47. The molecule has 1 heterocycles. The SMILES string of the molecule is CCC(=O)c1ccccc1-c1ccc(C=O)o1. The van der Waals surface area contributed by atoms with Gasteiger partial charge in [0, 0.05) is 17.5 Å². The molecule has 3 nitrogen and oxygen atoms in total. The van der Waals surface area contributed by atoms with E-state index in [2.05, 4.69) is 0 Å². The molecule has 0 fully saturated rings. The van der Waals surface area contributed by atoms with Gasteiger partial charge in [-0.3, -0.25) is 9.59 Å². The molecule has 0 aliphatic rings. The van der Waals surface area contributed by atoms with Crippen LogP contribution in [-0.2, 0) is 0 Å². The maximum atomic E-state index is 11.8. The van der Waals surface area contributed by atoms with Crippen LogP contribution >= 0.6 is 0 Å². The average molecular weight is 228 g/mol. The smallest absolute Gasteiger partial charge is 0.185 e. The number of benzene rings is 1. The molecular formula is C14H12O3. The number of aldehydes is 1. The Morgan fingerprint density at radius 1 is 1.24 bits per heavy atom. The molecule has 0 amide bonds. The zero-order chi connectivity index (χ0) is 12.3. The van der Waals surface area contributed by atoms with Gasteiger partial charge in [-0.05, 0) is 12.1 Å². The van der Waals surface area contributed by atoms with Crippen molar-refractivity contribution in [3.05, 3.63) is 47.7 Å². The first kappa shape index (κ1) is 11.3. The van der Waals surface area contributed by atoms with Gasteiger partial charge in [0.25, 0.3) is 0 Å². The van der Waals surface area contributed by atoms with E-state index in [-0.39, 0.29) is 11.5 Å². The molecule has 0 bridgehead atoms. The Morgan fingerprint density at radius 2 is 2.00 bits per heavy atom. The Morgan fingerprint density at radius 3 is 2.65 bits per heavy atom. The van der Waals surface area contributed by atoms with Gasteiger partial charge in [-0.15, -0.1) is 0 Å². The maximum Gasteiger partial charge on any atom is 0.185 e. The molecule has 0 aliphatic carbocycles. The summed E-state index contributed by atoms with van der Waals surface area (Å²) in [6.07, 6.45) is 1.09. The highest BCUT2D eigenvalue weighted by molar-refractivity contribution is 6.01. The van der Waals surface area contributed by atoms with Crippen molar-refractivity contribution in [3.63, 3.8) is 0 Å². The first-order chi connectivity index (χ1) is 8.26. The van der Waals surface area contributed by atoms with Crippen LogP contribution in [0.4, 0.5) is 0 Å². The summed E-state index contributed by atoms with van der Waals surface area (Å²) in [6.45, 7) is 1.82. The topological polar surface area (TPSA) is 47.3 Å². The lowest BCUT2D eigenvalue weighted by Crippen LogP contribution is -1.98. The molecule has 0 saturated heterocycles. The summed E-state index contributed by atoms with van der Waals surface area (Å²) in [6, 6.07) is 10.5. The normalized spacial score (nSPS) is 10.2. The van der Waals surface area contributed by atoms with Crippen molar-refractivity contribution < 1.29 is 14.0 Å². The highest BCUT2D eigenvalue weighted by atomic mass is 16.3. The van der Waals surface area contributed by atoms with Gasteiger partial charge in [-0.2, -0.15) is 0 Å². The monoisotopic (exact) mass is 228 g/mol. The molecule has 0 atom stereocenters. The highest BCUT2D eigenvalue weighted by Gasteiger charge is 2.13. The first-order valence-electron chi connectivity index (χ1n) is 5.44. The molecule has 2 aromatic rings. The van der Waals surface area contributed by atoms with Gasteiger partial charge >= 0.3 is 0 Å². The lowest BCUT2D eigenvalue weighted by Gasteiger charge is -2.04. The summed E-state index contributed by atoms with van der Waals surface area (Å²) in [5.74, 6) is 0.868. The molecule has 0 N–H and O–H groups in total. The number of hydrogen-bond acceptors (Lipinski definition) is 3. The van der Waals surface area contributed by atoms with E-state index in [1.807, 2.05) is 25.1 Å². The molecule has 1 aromatic carbocycles. The van der Waals surface area contributed by atoms with Gasteiger partial charge in [-0.25, -0.2) is 0 Å². The van der Waals surface area contributed by atoms with Crippen molar-refractivity contribution in [1.82, 2.24) is 0 Å². The van der Waals surface area contributed by atoms with Crippen LogP contribution in [0.15, 0.2) is 40.8 Å². The molecule has 17 heavy (non-hydrogen) atoms. The Hall–Kier alpha value is -2.16. The summed E-state index contributed by atoms with van der Waals surface area (Å²) in [7, 11) is 0. The average Bonchev–Trinajstić information content (AvgIpc) is 2.86. The van der Waals surface area contributed by atoms with Crippen LogP contribution in [0, 0.1) is 0 Å². The van der Waals surface area contributed by atoms with Crippen LogP contribution in [0.1, 0.15) is 34.3 Å². The largest absolute Gasteiger partial charge is 0.453 e. The minimum Gasteiger partial charge on any atom is -0.453 e. The van der Waals surface area contributed by atoms with Crippen molar-refractivity contribution >= 4 is 12.1 Å². The third-order valence-corrected chi connectivity index (χ3v) is 2.56. The minimum atomic E-state index is 0.0599. The van der Waals surface area contributed by atoms with Gasteiger partial charge < -0.3 is 4.42 Å². The van der Waals surface area contributed by atoms with E-state index in [0.717, 1.165) is 5.56 Å². The van der Waals surface area contributed by atoms with Gasteiger partial charge in [0.05, 0.1) is 0 Å². The molecule has 86 valence electrons. The van der Waals surface area contributed by atoms with Crippen LogP contribution in [0.3, 0.4) is 0 Å². The van der Waals surface area contributed by atoms with E-state index >= 15 is 0 Å². The van der Waals surface area contributed by atoms with E-state index in [0.29, 0.717) is 24.0 Å². The van der Waals surface area contributed by atoms with Crippen molar-refractivity contribution in [1.29, 1.82) is 0 Å². The van der Waals surface area contributed by atoms with Crippen molar-refractivity contribution in [2.45, 2.75) is 13.3 Å². The second kappa shape index (κ2) is 4.78. The standard InChI is InChI=1S/C14H12O3/c1-2-13(16)11-5-3-4-6-12(11)14-8-7-10(9-15)17-14/h3-9H,2H2,1H3. The number of carbonyl (C=O) groups is 2. The quantitative estimate of drug-likeness (QED) is 0.595. The molecule has 0 aliphatic heterocycles. The van der Waals surface area contributed by atoms with Gasteiger partial charge in [0.1, 0.15) is 5.76 Å². The Balaban J connectivity index is 2.51. The molecular weight excluding hydrogens is 216 g/mol. The van der Waals surface area contributed by atoms with Gasteiger partial charge in [0.2, 0.25) is 0 Å². The third kappa shape index (κ3) is 2.18. The number of furan rings is 1. The fraction of sp³-hybridized carbons (Fsp3) is 0.143. The van der Waals surface area contributed by atoms with Crippen molar-refractivity contribution in [2.75, 3.05) is 0 Å². The second-order valence-electron chi connectivity index (χ2n) is 3.64. The lowest BCUT2D eigenvalue weighted by molar-refractivity contribution is 0.0988. The summed E-state index contributed by atoms with van der Waals surface area (Å²) >= 11 is 0. The summed E-state index contributed by atoms with van der Waals surface area (Å²) < 4.78 is 5.33. The van der Waals surface area contributed by atoms with Crippen LogP contribution in [0.25, 0.3) is 11.3 Å². The second-order valence-corrected chi connectivity index (χ2v) is 3.64. The van der Waals surface area contributed by atoms with Crippen LogP contribution < -0.4 is 0 Å². The van der Waals surface area contributed by atoms with E-state index in [9.17, 15) is 9.59 Å². The molecule has 3 heteroatoms. The molecule has 0 spiro atoms. The first-order valence-corrected chi connectivity index (χ1v) is 5.44. The molecule has 2 rings (SSSR count). The predicted octanol–water partition coefficient (Wildman–Crippen LogP) is 3.35. The molecule has 0 saturated carbocycles. The minimum absolute atomic E-state index is 0.0599. The van der Waals surface area contributed by atoms with Gasteiger partial charge in [-0.1, -0.05) is 31.2 Å². The van der Waals surface area contributed by atoms with E-state index in [1.54, 1.807) is 18.2 Å². The highest BCUT2D eigenvalue weighted by Crippen LogP contribution is 2.26. The maximum absolute atomic E-state index is 11.8. The van der Waals surface area contributed by atoms with Crippen molar-refractivity contribution in [3.8, 4) is 11.3 Å². The van der Waals surface area contributed by atoms with Crippen LogP contribution in [-0.4, -0.2) is 12.1 Å². The summed E-state index contributed by atoms with van der Waals surface area (Å²) in [4.78, 5) is 22.3. The zero-order valence-electron chi connectivity index (χ0n) is 9.47. The Bertz CT molecular complexity index is 552. The van der Waals surface area contributed by atoms with E-state index < -0.39 is 0 Å². The number of hydrogen-bond donors (Lipinski definition) is 0. The van der Waals surface area contributed by atoms with E-state index in [1.165, 1.54) is 0 Å². The summed E-state index contributed by atoms with van der Waals surface area (Å²) in [5.41, 5.74) is 1.36. The fourth-order valence-corrected chi connectivity index (χ4v) is 1.69. The predicted molar refractivity (Wildman–Crippen MR) is 64.2 cm³/mol. The van der Waals surface area contributed by atoms with Crippen molar-refractivity contribution in [2.24, 2.45) is 0 Å². The number of Topliss-reactive ketones (excluding diaryl/α,β-unsaturated/α-hetero) is 1. The van der Waals surface area contributed by atoms with E-state index in [4.69, 9.17) is 4.42 Å². The number of rotatable bonds is 4. The number of carbonyl (C=O) groups excluding carboxylic acids is 2. The lowest BCUT2D eigenvalue weighted by atomic mass is 10.0.